The van der Waals surface area contributed by atoms with Crippen LogP contribution in [0.1, 0.15) is 27.8 Å². The van der Waals surface area contributed by atoms with Crippen molar-refractivity contribution >= 4 is 0 Å². The second kappa shape index (κ2) is 4.85. The SMILES string of the molecule is Cc1ccc2c(c1Cc1ccncc1)Cc1ccccc1-2. The highest BCUT2D eigenvalue weighted by Gasteiger charge is 2.21. The fourth-order valence-electron chi connectivity index (χ4n) is 3.34. The zero-order valence-electron chi connectivity index (χ0n) is 12.1. The van der Waals surface area contributed by atoms with E-state index in [0.29, 0.717) is 0 Å². The summed E-state index contributed by atoms with van der Waals surface area (Å²) in [7, 11) is 0. The second-order valence-electron chi connectivity index (χ2n) is 5.75. The van der Waals surface area contributed by atoms with Crippen LogP contribution in [-0.2, 0) is 12.8 Å². The van der Waals surface area contributed by atoms with Crippen LogP contribution in [0.3, 0.4) is 0 Å². The molecule has 0 atom stereocenters. The lowest BCUT2D eigenvalue weighted by Crippen LogP contribution is -1.98. The minimum atomic E-state index is 0.992. The summed E-state index contributed by atoms with van der Waals surface area (Å²) in [6.45, 7) is 2.22. The van der Waals surface area contributed by atoms with Crippen LogP contribution < -0.4 is 0 Å². The molecule has 21 heavy (non-hydrogen) atoms. The van der Waals surface area contributed by atoms with Gasteiger partial charge in [0.05, 0.1) is 0 Å². The number of fused-ring (bicyclic) bond motifs is 3. The normalized spacial score (nSPS) is 12.0. The van der Waals surface area contributed by atoms with Crippen LogP contribution in [0.15, 0.2) is 60.9 Å². The Morgan fingerprint density at radius 3 is 2.57 bits per heavy atom. The maximum Gasteiger partial charge on any atom is 0.0270 e. The highest BCUT2D eigenvalue weighted by Crippen LogP contribution is 2.39. The minimum absolute atomic E-state index is 0.992. The van der Waals surface area contributed by atoms with E-state index in [1.807, 2.05) is 12.4 Å². The van der Waals surface area contributed by atoms with Gasteiger partial charge in [0.25, 0.3) is 0 Å². The third kappa shape index (κ3) is 2.06. The van der Waals surface area contributed by atoms with Crippen LogP contribution in [0, 0.1) is 6.92 Å². The van der Waals surface area contributed by atoms with Crippen LogP contribution in [0.2, 0.25) is 0 Å². The van der Waals surface area contributed by atoms with Crippen molar-refractivity contribution in [2.75, 3.05) is 0 Å². The van der Waals surface area contributed by atoms with Gasteiger partial charge in [-0.05, 0) is 70.8 Å². The Bertz CT molecular complexity index is 803. The molecule has 1 heteroatoms. The summed E-state index contributed by atoms with van der Waals surface area (Å²) in [5.41, 5.74) is 9.98. The number of hydrogen-bond donors (Lipinski definition) is 0. The Hall–Kier alpha value is -2.41. The van der Waals surface area contributed by atoms with Crippen molar-refractivity contribution in [3.05, 3.63) is 88.7 Å². The average molecular weight is 271 g/mol. The first-order valence-electron chi connectivity index (χ1n) is 7.41. The Balaban J connectivity index is 1.83. The van der Waals surface area contributed by atoms with Crippen LogP contribution in [-0.4, -0.2) is 4.98 Å². The predicted octanol–water partition coefficient (Wildman–Crippen LogP) is 4.55. The first-order valence-corrected chi connectivity index (χ1v) is 7.41. The first kappa shape index (κ1) is 12.3. The minimum Gasteiger partial charge on any atom is -0.265 e. The van der Waals surface area contributed by atoms with Crippen molar-refractivity contribution in [3.63, 3.8) is 0 Å². The molecule has 1 heterocycles. The molecule has 0 aliphatic heterocycles. The lowest BCUT2D eigenvalue weighted by Gasteiger charge is -2.12. The summed E-state index contributed by atoms with van der Waals surface area (Å²) in [4.78, 5) is 4.11. The van der Waals surface area contributed by atoms with E-state index >= 15 is 0 Å². The van der Waals surface area contributed by atoms with Crippen molar-refractivity contribution in [1.82, 2.24) is 4.98 Å². The molecule has 0 radical (unpaired) electrons. The molecule has 3 aromatic rings. The molecule has 0 spiro atoms. The van der Waals surface area contributed by atoms with E-state index in [0.717, 1.165) is 12.8 Å². The van der Waals surface area contributed by atoms with E-state index in [4.69, 9.17) is 0 Å². The van der Waals surface area contributed by atoms with Crippen LogP contribution in [0.25, 0.3) is 11.1 Å². The highest BCUT2D eigenvalue weighted by molar-refractivity contribution is 5.78. The summed E-state index contributed by atoms with van der Waals surface area (Å²) in [5, 5.41) is 0. The monoisotopic (exact) mass is 271 g/mol. The van der Waals surface area contributed by atoms with E-state index < -0.39 is 0 Å². The number of nitrogens with zero attached hydrogens (tertiary/aromatic N) is 1. The zero-order valence-corrected chi connectivity index (χ0v) is 12.1. The lowest BCUT2D eigenvalue weighted by atomic mass is 9.92. The van der Waals surface area contributed by atoms with Crippen molar-refractivity contribution in [2.45, 2.75) is 19.8 Å². The van der Waals surface area contributed by atoms with Gasteiger partial charge in [-0.2, -0.15) is 0 Å². The smallest absolute Gasteiger partial charge is 0.0270 e. The fraction of sp³-hybridized carbons (Fsp3) is 0.150. The molecule has 0 unspecified atom stereocenters. The molecule has 4 rings (SSSR count). The molecular weight excluding hydrogens is 254 g/mol. The zero-order chi connectivity index (χ0) is 14.2. The Morgan fingerprint density at radius 1 is 0.905 bits per heavy atom. The lowest BCUT2D eigenvalue weighted by molar-refractivity contribution is 1.08. The first-order chi connectivity index (χ1) is 10.3. The number of aromatic nitrogens is 1. The van der Waals surface area contributed by atoms with Gasteiger partial charge in [-0.15, -0.1) is 0 Å². The van der Waals surface area contributed by atoms with Crippen LogP contribution >= 0.6 is 0 Å². The van der Waals surface area contributed by atoms with Crippen LogP contribution in [0.4, 0.5) is 0 Å². The Labute approximate surface area is 125 Å². The predicted molar refractivity (Wildman–Crippen MR) is 86.5 cm³/mol. The summed E-state index contributed by atoms with van der Waals surface area (Å²) in [6.07, 6.45) is 5.81. The molecule has 0 bridgehead atoms. The van der Waals surface area contributed by atoms with Gasteiger partial charge in [-0.25, -0.2) is 0 Å². The molecule has 0 N–H and O–H groups in total. The second-order valence-corrected chi connectivity index (χ2v) is 5.75. The van der Waals surface area contributed by atoms with E-state index in [1.54, 1.807) is 0 Å². The molecule has 102 valence electrons. The van der Waals surface area contributed by atoms with E-state index in [2.05, 4.69) is 60.4 Å². The van der Waals surface area contributed by atoms with E-state index in [1.165, 1.54) is 38.9 Å². The largest absolute Gasteiger partial charge is 0.265 e. The number of benzene rings is 2. The molecule has 0 fully saturated rings. The van der Waals surface area contributed by atoms with Gasteiger partial charge in [0.15, 0.2) is 0 Å². The number of hydrogen-bond acceptors (Lipinski definition) is 1. The third-order valence-electron chi connectivity index (χ3n) is 4.47. The maximum atomic E-state index is 4.11. The summed E-state index contributed by atoms with van der Waals surface area (Å²) in [5.74, 6) is 0. The van der Waals surface area contributed by atoms with Gasteiger partial charge in [-0.3, -0.25) is 4.98 Å². The van der Waals surface area contributed by atoms with Crippen molar-refractivity contribution in [1.29, 1.82) is 0 Å². The Kier molecular flexibility index (Phi) is 2.85. The maximum absolute atomic E-state index is 4.11. The molecule has 1 aromatic heterocycles. The standard InChI is InChI=1S/C20H17N/c1-14-6-7-18-17-5-3-2-4-16(17)13-20(18)19(14)12-15-8-10-21-11-9-15/h2-11H,12-13H2,1H3. The van der Waals surface area contributed by atoms with Gasteiger partial charge >= 0.3 is 0 Å². The van der Waals surface area contributed by atoms with E-state index in [9.17, 15) is 0 Å². The Morgan fingerprint density at radius 2 is 1.71 bits per heavy atom. The van der Waals surface area contributed by atoms with Gasteiger partial charge in [0, 0.05) is 12.4 Å². The summed E-state index contributed by atoms with van der Waals surface area (Å²) >= 11 is 0. The molecule has 1 aliphatic carbocycles. The van der Waals surface area contributed by atoms with Gasteiger partial charge in [0.2, 0.25) is 0 Å². The van der Waals surface area contributed by atoms with Gasteiger partial charge in [0.1, 0.15) is 0 Å². The van der Waals surface area contributed by atoms with E-state index in [-0.39, 0.29) is 0 Å². The van der Waals surface area contributed by atoms with Gasteiger partial charge < -0.3 is 0 Å². The summed E-state index contributed by atoms with van der Waals surface area (Å²) < 4.78 is 0. The summed E-state index contributed by atoms with van der Waals surface area (Å²) in [6, 6.07) is 17.5. The van der Waals surface area contributed by atoms with Gasteiger partial charge in [-0.1, -0.05) is 36.4 Å². The number of pyridine rings is 1. The third-order valence-corrected chi connectivity index (χ3v) is 4.47. The topological polar surface area (TPSA) is 12.9 Å². The molecule has 2 aromatic carbocycles. The number of rotatable bonds is 2. The molecule has 1 aliphatic rings. The molecular formula is C20H17N. The number of aryl methyl sites for hydroxylation is 1. The molecule has 0 amide bonds. The molecule has 1 nitrogen and oxygen atoms in total. The molecule has 0 saturated heterocycles. The highest BCUT2D eigenvalue weighted by atomic mass is 14.6. The molecule has 0 saturated carbocycles. The van der Waals surface area contributed by atoms with Crippen LogP contribution in [0.5, 0.6) is 0 Å². The quantitative estimate of drug-likeness (QED) is 0.521. The average Bonchev–Trinajstić information content (AvgIpc) is 2.90. The van der Waals surface area contributed by atoms with Crippen molar-refractivity contribution < 1.29 is 0 Å². The van der Waals surface area contributed by atoms with Crippen molar-refractivity contribution in [2.24, 2.45) is 0 Å². The van der Waals surface area contributed by atoms with Crippen molar-refractivity contribution in [3.8, 4) is 11.1 Å². The fourth-order valence-corrected chi connectivity index (χ4v) is 3.34.